The lowest BCUT2D eigenvalue weighted by Gasteiger charge is -2.48. The number of nitrogens with one attached hydrogen (secondary N) is 1. The summed E-state index contributed by atoms with van der Waals surface area (Å²) in [5, 5.41) is 2.96. The van der Waals surface area contributed by atoms with Gasteiger partial charge < -0.3 is 15.0 Å². The fourth-order valence-corrected chi connectivity index (χ4v) is 5.02. The number of amides is 2. The molecule has 176 valence electrons. The van der Waals surface area contributed by atoms with E-state index in [0.717, 1.165) is 30.4 Å². The molecule has 0 bridgehead atoms. The summed E-state index contributed by atoms with van der Waals surface area (Å²) in [6.45, 7) is 3.48. The lowest BCUT2D eigenvalue weighted by molar-refractivity contribution is -0.155. The van der Waals surface area contributed by atoms with E-state index in [1.807, 2.05) is 67.6 Å². The lowest BCUT2D eigenvalue weighted by atomic mass is 9.77. The van der Waals surface area contributed by atoms with Crippen LogP contribution in [0, 0.1) is 0 Å². The Morgan fingerprint density at radius 3 is 2.09 bits per heavy atom. The molecule has 3 rings (SSSR count). The summed E-state index contributed by atoms with van der Waals surface area (Å²) in [5.74, 6) is -0.934. The van der Waals surface area contributed by atoms with Crippen molar-refractivity contribution >= 4 is 17.8 Å². The number of carbonyl (C=O) groups is 3. The van der Waals surface area contributed by atoms with E-state index in [1.54, 1.807) is 4.90 Å². The molecule has 0 unspecified atom stereocenters. The molecule has 0 aromatic heterocycles. The molecule has 1 N–H and O–H groups in total. The van der Waals surface area contributed by atoms with Crippen LogP contribution in [0.2, 0.25) is 0 Å². The molecule has 2 amide bonds. The van der Waals surface area contributed by atoms with Crippen LogP contribution in [0.5, 0.6) is 0 Å². The van der Waals surface area contributed by atoms with E-state index >= 15 is 0 Å². The minimum atomic E-state index is -1.01. The zero-order chi connectivity index (χ0) is 23.8. The third kappa shape index (κ3) is 5.62. The molecule has 0 radical (unpaired) electrons. The van der Waals surface area contributed by atoms with Crippen LogP contribution in [0.25, 0.3) is 0 Å². The Bertz CT molecular complexity index is 939. The van der Waals surface area contributed by atoms with Crippen LogP contribution in [0.3, 0.4) is 0 Å². The van der Waals surface area contributed by atoms with Gasteiger partial charge in [0.2, 0.25) is 11.8 Å². The van der Waals surface area contributed by atoms with Crippen LogP contribution < -0.4 is 5.32 Å². The molecule has 1 saturated carbocycles. The van der Waals surface area contributed by atoms with Gasteiger partial charge in [-0.25, -0.2) is 4.79 Å². The van der Waals surface area contributed by atoms with E-state index in [-0.39, 0.29) is 17.9 Å². The summed E-state index contributed by atoms with van der Waals surface area (Å²) in [5.41, 5.74) is 0.883. The minimum Gasteiger partial charge on any atom is -0.467 e. The highest BCUT2D eigenvalue weighted by Crippen LogP contribution is 2.39. The predicted molar refractivity (Wildman–Crippen MR) is 127 cm³/mol. The second kappa shape index (κ2) is 11.1. The SMILES string of the molecule is COC(=O)[C@H](Cc1ccccc1)NC(=O)C1(N(C(C)=O)[C@H](C)c2ccccc2)CCCCC1. The molecule has 33 heavy (non-hydrogen) atoms. The van der Waals surface area contributed by atoms with E-state index < -0.39 is 17.6 Å². The number of carbonyl (C=O) groups excluding carboxylic acids is 3. The van der Waals surface area contributed by atoms with Crippen LogP contribution >= 0.6 is 0 Å². The molecular weight excluding hydrogens is 416 g/mol. The monoisotopic (exact) mass is 450 g/mol. The second-order valence-corrected chi connectivity index (χ2v) is 8.81. The van der Waals surface area contributed by atoms with Crippen molar-refractivity contribution in [1.29, 1.82) is 0 Å². The summed E-state index contributed by atoms with van der Waals surface area (Å²) < 4.78 is 5.00. The lowest BCUT2D eigenvalue weighted by Crippen LogP contribution is -2.63. The maximum absolute atomic E-state index is 13.9. The number of benzene rings is 2. The molecule has 6 nitrogen and oxygen atoms in total. The zero-order valence-electron chi connectivity index (χ0n) is 19.8. The first-order valence-electron chi connectivity index (χ1n) is 11.7. The van der Waals surface area contributed by atoms with Gasteiger partial charge in [-0.15, -0.1) is 0 Å². The molecule has 2 atom stereocenters. The Hall–Kier alpha value is -3.15. The van der Waals surface area contributed by atoms with Gasteiger partial charge in [0.15, 0.2) is 0 Å². The van der Waals surface area contributed by atoms with Gasteiger partial charge >= 0.3 is 5.97 Å². The van der Waals surface area contributed by atoms with Crippen LogP contribution in [0.1, 0.15) is 63.1 Å². The van der Waals surface area contributed by atoms with Crippen molar-refractivity contribution in [2.24, 2.45) is 0 Å². The Kier molecular flexibility index (Phi) is 8.26. The smallest absolute Gasteiger partial charge is 0.328 e. The highest BCUT2D eigenvalue weighted by Gasteiger charge is 2.49. The van der Waals surface area contributed by atoms with Crippen LogP contribution in [0.15, 0.2) is 60.7 Å². The summed E-state index contributed by atoms with van der Waals surface area (Å²) in [6, 6.07) is 18.2. The molecule has 2 aromatic rings. The summed E-state index contributed by atoms with van der Waals surface area (Å²) in [7, 11) is 1.32. The van der Waals surface area contributed by atoms with Gasteiger partial charge in [0.05, 0.1) is 13.2 Å². The fourth-order valence-electron chi connectivity index (χ4n) is 5.02. The number of rotatable bonds is 8. The van der Waals surface area contributed by atoms with E-state index in [4.69, 9.17) is 4.74 Å². The first-order valence-corrected chi connectivity index (χ1v) is 11.7. The standard InChI is InChI=1S/C27H34N2O4/c1-20(23-15-9-5-10-16-23)29(21(2)30)27(17-11-6-12-18-27)26(32)28-24(25(31)33-3)19-22-13-7-4-8-14-22/h4-5,7-10,13-16,20,24H,6,11-12,17-19H2,1-3H3,(H,28,32)/t20-,24+/m1/s1. The molecule has 0 saturated heterocycles. The summed E-state index contributed by atoms with van der Waals surface area (Å²) >= 11 is 0. The maximum atomic E-state index is 13.9. The van der Waals surface area contributed by atoms with E-state index in [9.17, 15) is 14.4 Å². The maximum Gasteiger partial charge on any atom is 0.328 e. The molecule has 0 aliphatic heterocycles. The Morgan fingerprint density at radius 1 is 0.970 bits per heavy atom. The quantitative estimate of drug-likeness (QED) is 0.612. The Morgan fingerprint density at radius 2 is 1.55 bits per heavy atom. The van der Waals surface area contributed by atoms with E-state index in [1.165, 1.54) is 14.0 Å². The fraction of sp³-hybridized carbons (Fsp3) is 0.444. The van der Waals surface area contributed by atoms with E-state index in [2.05, 4.69) is 5.32 Å². The summed E-state index contributed by atoms with van der Waals surface area (Å²) in [4.78, 5) is 41.2. The van der Waals surface area contributed by atoms with Crippen molar-refractivity contribution in [3.8, 4) is 0 Å². The van der Waals surface area contributed by atoms with Crippen molar-refractivity contribution in [3.63, 3.8) is 0 Å². The van der Waals surface area contributed by atoms with Crippen molar-refractivity contribution in [2.75, 3.05) is 7.11 Å². The number of ether oxygens (including phenoxy) is 1. The van der Waals surface area contributed by atoms with Crippen molar-refractivity contribution in [2.45, 2.75) is 70.0 Å². The predicted octanol–water partition coefficient (Wildman–Crippen LogP) is 4.20. The molecule has 1 fully saturated rings. The Balaban J connectivity index is 1.94. The van der Waals surface area contributed by atoms with Crippen molar-refractivity contribution in [3.05, 3.63) is 71.8 Å². The first kappa shape index (κ1) is 24.5. The highest BCUT2D eigenvalue weighted by molar-refractivity contribution is 5.94. The van der Waals surface area contributed by atoms with Crippen LogP contribution in [-0.2, 0) is 25.5 Å². The van der Waals surface area contributed by atoms with Gasteiger partial charge in [-0.1, -0.05) is 79.9 Å². The Labute approximate surface area is 196 Å². The number of methoxy groups -OCH3 is 1. The largest absolute Gasteiger partial charge is 0.467 e. The average molecular weight is 451 g/mol. The molecule has 6 heteroatoms. The molecule has 0 heterocycles. The third-order valence-corrected chi connectivity index (χ3v) is 6.65. The van der Waals surface area contributed by atoms with Gasteiger partial charge in [0, 0.05) is 13.3 Å². The van der Waals surface area contributed by atoms with Gasteiger partial charge in [0.1, 0.15) is 11.6 Å². The number of hydrogen-bond donors (Lipinski definition) is 1. The number of hydrogen-bond acceptors (Lipinski definition) is 4. The van der Waals surface area contributed by atoms with E-state index in [0.29, 0.717) is 19.3 Å². The molecule has 1 aliphatic carbocycles. The molecular formula is C27H34N2O4. The van der Waals surface area contributed by atoms with Gasteiger partial charge in [-0.05, 0) is 30.9 Å². The van der Waals surface area contributed by atoms with Crippen LogP contribution in [0.4, 0.5) is 0 Å². The second-order valence-electron chi connectivity index (χ2n) is 8.81. The highest BCUT2D eigenvalue weighted by atomic mass is 16.5. The molecule has 2 aromatic carbocycles. The molecule has 0 spiro atoms. The van der Waals surface area contributed by atoms with Gasteiger partial charge in [0.25, 0.3) is 0 Å². The summed E-state index contributed by atoms with van der Waals surface area (Å²) in [6.07, 6.45) is 4.17. The minimum absolute atomic E-state index is 0.152. The number of nitrogens with zero attached hydrogens (tertiary/aromatic N) is 1. The third-order valence-electron chi connectivity index (χ3n) is 6.65. The van der Waals surface area contributed by atoms with Gasteiger partial charge in [-0.2, -0.15) is 0 Å². The normalized spacial score (nSPS) is 16.8. The zero-order valence-corrected chi connectivity index (χ0v) is 19.8. The van der Waals surface area contributed by atoms with Gasteiger partial charge in [-0.3, -0.25) is 9.59 Å². The average Bonchev–Trinajstić information content (AvgIpc) is 2.84. The number of esters is 1. The first-order chi connectivity index (χ1) is 15.9. The topological polar surface area (TPSA) is 75.7 Å². The van der Waals surface area contributed by atoms with Crippen LogP contribution in [-0.4, -0.2) is 41.4 Å². The van der Waals surface area contributed by atoms with Crippen molar-refractivity contribution < 1.29 is 19.1 Å². The molecule has 1 aliphatic rings. The van der Waals surface area contributed by atoms with Crippen molar-refractivity contribution in [1.82, 2.24) is 10.2 Å².